The number of hydrogen-bond donors (Lipinski definition) is 1. The Bertz CT molecular complexity index is 823. The van der Waals surface area contributed by atoms with Gasteiger partial charge in [-0.1, -0.05) is 6.92 Å². The molecular weight excluding hydrogens is 334 g/mol. The van der Waals surface area contributed by atoms with E-state index in [9.17, 15) is 8.78 Å². The van der Waals surface area contributed by atoms with Crippen molar-refractivity contribution >= 4 is 33.2 Å². The first-order valence-corrected chi connectivity index (χ1v) is 8.36. The molecule has 2 aromatic heterocycles. The van der Waals surface area contributed by atoms with Crippen LogP contribution in [-0.4, -0.2) is 34.4 Å². The number of ether oxygens (including phenoxy) is 1. The van der Waals surface area contributed by atoms with Crippen molar-refractivity contribution in [3.05, 3.63) is 35.6 Å². The van der Waals surface area contributed by atoms with Gasteiger partial charge in [-0.15, -0.1) is 11.3 Å². The monoisotopic (exact) mass is 350 g/mol. The molecule has 8 heteroatoms. The van der Waals surface area contributed by atoms with Crippen LogP contribution in [0, 0.1) is 0 Å². The number of benzene rings is 1. The number of nitrogens with zero attached hydrogens (tertiary/aromatic N) is 3. The Morgan fingerprint density at radius 2 is 2.08 bits per heavy atom. The minimum absolute atomic E-state index is 0.369. The summed E-state index contributed by atoms with van der Waals surface area (Å²) in [7, 11) is 0. The van der Waals surface area contributed by atoms with Crippen molar-refractivity contribution in [1.29, 1.82) is 0 Å². The van der Waals surface area contributed by atoms with Gasteiger partial charge in [0, 0.05) is 10.8 Å². The van der Waals surface area contributed by atoms with Gasteiger partial charge in [0.15, 0.2) is 11.2 Å². The maximum atomic E-state index is 12.7. The summed E-state index contributed by atoms with van der Waals surface area (Å²) in [5, 5.41) is 6.56. The quantitative estimate of drug-likeness (QED) is 0.696. The molecule has 0 aliphatic rings. The van der Waals surface area contributed by atoms with Crippen molar-refractivity contribution in [2.45, 2.75) is 19.4 Å². The van der Waals surface area contributed by atoms with Crippen LogP contribution in [0.1, 0.15) is 12.6 Å². The number of halogens is 2. The summed E-state index contributed by atoms with van der Waals surface area (Å²) in [6.45, 7) is 0.266. The summed E-state index contributed by atoms with van der Waals surface area (Å²) >= 11 is 1.49. The zero-order chi connectivity index (χ0) is 16.9. The summed E-state index contributed by atoms with van der Waals surface area (Å²) in [4.78, 5) is 12.9. The topological polar surface area (TPSA) is 59.9 Å². The fraction of sp³-hybridized carbons (Fsp3) is 0.312. The van der Waals surface area contributed by atoms with E-state index in [0.29, 0.717) is 22.5 Å². The van der Waals surface area contributed by atoms with E-state index in [4.69, 9.17) is 4.74 Å². The van der Waals surface area contributed by atoms with Gasteiger partial charge in [0.1, 0.15) is 31.2 Å². The van der Waals surface area contributed by atoms with Crippen LogP contribution < -0.4 is 10.1 Å². The lowest BCUT2D eigenvalue weighted by Gasteiger charge is -2.13. The van der Waals surface area contributed by atoms with Gasteiger partial charge in [0.25, 0.3) is 0 Å². The molecule has 0 spiro atoms. The number of aryl methyl sites for hydroxylation is 1. The van der Waals surface area contributed by atoms with E-state index in [0.717, 1.165) is 17.2 Å². The van der Waals surface area contributed by atoms with Crippen molar-refractivity contribution in [2.24, 2.45) is 0 Å². The Kier molecular flexibility index (Phi) is 5.14. The molecule has 0 aliphatic carbocycles. The zero-order valence-electron chi connectivity index (χ0n) is 13.0. The first-order valence-electron chi connectivity index (χ1n) is 7.48. The second kappa shape index (κ2) is 7.48. The SMILES string of the molecule is CCc1csc(Nc2ncnc3ccc(OC(CF)CF)cc23)n1. The normalized spacial score (nSPS) is 11.2. The number of aromatic nitrogens is 3. The van der Waals surface area contributed by atoms with E-state index in [1.54, 1.807) is 18.2 Å². The maximum Gasteiger partial charge on any atom is 0.188 e. The van der Waals surface area contributed by atoms with Crippen LogP contribution in [0.4, 0.5) is 19.7 Å². The highest BCUT2D eigenvalue weighted by Gasteiger charge is 2.12. The Balaban J connectivity index is 1.92. The van der Waals surface area contributed by atoms with Gasteiger partial charge in [0.2, 0.25) is 0 Å². The molecule has 0 saturated heterocycles. The highest BCUT2D eigenvalue weighted by atomic mass is 32.1. The zero-order valence-corrected chi connectivity index (χ0v) is 13.8. The smallest absolute Gasteiger partial charge is 0.188 e. The van der Waals surface area contributed by atoms with E-state index in [-0.39, 0.29) is 0 Å². The first kappa shape index (κ1) is 16.5. The molecule has 0 fully saturated rings. The predicted molar refractivity (Wildman–Crippen MR) is 90.7 cm³/mol. The number of nitrogens with one attached hydrogen (secondary N) is 1. The van der Waals surface area contributed by atoms with Crippen LogP contribution in [0.3, 0.4) is 0 Å². The van der Waals surface area contributed by atoms with Crippen molar-refractivity contribution < 1.29 is 13.5 Å². The molecule has 2 heterocycles. The molecule has 126 valence electrons. The van der Waals surface area contributed by atoms with E-state index in [2.05, 4.69) is 20.3 Å². The molecular formula is C16H16F2N4OS. The molecule has 1 N–H and O–H groups in total. The number of alkyl halides is 2. The molecule has 3 aromatic rings. The van der Waals surface area contributed by atoms with Gasteiger partial charge in [-0.3, -0.25) is 0 Å². The van der Waals surface area contributed by atoms with Gasteiger partial charge >= 0.3 is 0 Å². The summed E-state index contributed by atoms with van der Waals surface area (Å²) in [5.41, 5.74) is 1.70. The molecule has 0 radical (unpaired) electrons. The second-order valence-electron chi connectivity index (χ2n) is 5.07. The third kappa shape index (κ3) is 3.59. The Morgan fingerprint density at radius 3 is 2.79 bits per heavy atom. The molecule has 0 amide bonds. The average molecular weight is 350 g/mol. The number of rotatable bonds is 7. The fourth-order valence-electron chi connectivity index (χ4n) is 2.13. The Morgan fingerprint density at radius 1 is 1.25 bits per heavy atom. The minimum Gasteiger partial charge on any atom is -0.485 e. The molecule has 0 bridgehead atoms. The van der Waals surface area contributed by atoms with E-state index in [1.165, 1.54) is 17.7 Å². The van der Waals surface area contributed by atoms with Crippen molar-refractivity contribution in [1.82, 2.24) is 15.0 Å². The van der Waals surface area contributed by atoms with Gasteiger partial charge in [0.05, 0.1) is 11.2 Å². The first-order chi connectivity index (χ1) is 11.7. The van der Waals surface area contributed by atoms with Crippen LogP contribution in [0.25, 0.3) is 10.9 Å². The predicted octanol–water partition coefficient (Wildman–Crippen LogP) is 4.08. The van der Waals surface area contributed by atoms with Crippen molar-refractivity contribution in [3.63, 3.8) is 0 Å². The molecule has 3 rings (SSSR count). The molecule has 1 aromatic carbocycles. The third-order valence-electron chi connectivity index (χ3n) is 3.39. The minimum atomic E-state index is -1.10. The lowest BCUT2D eigenvalue weighted by Crippen LogP contribution is -2.21. The highest BCUT2D eigenvalue weighted by Crippen LogP contribution is 2.28. The van der Waals surface area contributed by atoms with Gasteiger partial charge < -0.3 is 10.1 Å². The largest absolute Gasteiger partial charge is 0.485 e. The maximum absolute atomic E-state index is 12.7. The van der Waals surface area contributed by atoms with Crippen LogP contribution >= 0.6 is 11.3 Å². The van der Waals surface area contributed by atoms with Crippen LogP contribution in [0.5, 0.6) is 5.75 Å². The number of anilines is 2. The summed E-state index contributed by atoms with van der Waals surface area (Å²) < 4.78 is 30.6. The summed E-state index contributed by atoms with van der Waals surface area (Å²) in [6, 6.07) is 5.03. The molecule has 0 unspecified atom stereocenters. The number of fused-ring (bicyclic) bond motifs is 1. The van der Waals surface area contributed by atoms with Gasteiger partial charge in [-0.05, 0) is 24.6 Å². The van der Waals surface area contributed by atoms with Gasteiger partial charge in [-0.25, -0.2) is 23.7 Å². The molecule has 0 aliphatic heterocycles. The Labute approximate surface area is 141 Å². The van der Waals surface area contributed by atoms with Crippen LogP contribution in [-0.2, 0) is 6.42 Å². The third-order valence-corrected chi connectivity index (χ3v) is 4.20. The lowest BCUT2D eigenvalue weighted by molar-refractivity contribution is 0.134. The number of thiazole rings is 1. The van der Waals surface area contributed by atoms with Crippen LogP contribution in [0.15, 0.2) is 29.9 Å². The molecule has 0 saturated carbocycles. The lowest BCUT2D eigenvalue weighted by atomic mass is 10.2. The van der Waals surface area contributed by atoms with Crippen molar-refractivity contribution in [2.75, 3.05) is 18.7 Å². The summed E-state index contributed by atoms with van der Waals surface area (Å²) in [5.74, 6) is 0.938. The standard InChI is InChI=1S/C16H16F2N4OS/c1-2-10-8-24-16(21-10)22-15-13-5-11(23-12(6-17)7-18)3-4-14(13)19-9-20-15/h3-5,8-9,12H,2,6-7H2,1H3,(H,19,20,21,22). The van der Waals surface area contributed by atoms with E-state index in [1.807, 2.05) is 12.3 Å². The summed E-state index contributed by atoms with van der Waals surface area (Å²) in [6.07, 6.45) is 1.20. The molecule has 5 nitrogen and oxygen atoms in total. The molecule has 24 heavy (non-hydrogen) atoms. The van der Waals surface area contributed by atoms with E-state index >= 15 is 0 Å². The second-order valence-corrected chi connectivity index (χ2v) is 5.93. The average Bonchev–Trinajstić information content (AvgIpc) is 3.07. The number of hydrogen-bond acceptors (Lipinski definition) is 6. The fourth-order valence-corrected chi connectivity index (χ4v) is 2.93. The van der Waals surface area contributed by atoms with Gasteiger partial charge in [-0.2, -0.15) is 0 Å². The highest BCUT2D eigenvalue weighted by molar-refractivity contribution is 7.13. The molecule has 0 atom stereocenters. The van der Waals surface area contributed by atoms with Crippen LogP contribution in [0.2, 0.25) is 0 Å². The Hall–Kier alpha value is -2.35. The van der Waals surface area contributed by atoms with E-state index < -0.39 is 19.5 Å². The van der Waals surface area contributed by atoms with Crippen molar-refractivity contribution in [3.8, 4) is 5.75 Å².